The number of methoxy groups -OCH3 is 1. The highest BCUT2D eigenvalue weighted by Crippen LogP contribution is 2.51. The number of hydrogen-bond acceptors (Lipinski definition) is 6. The third-order valence-corrected chi connectivity index (χ3v) is 6.54. The average Bonchev–Trinajstić information content (AvgIpc) is 3.56. The first kappa shape index (κ1) is 20.7. The summed E-state index contributed by atoms with van der Waals surface area (Å²) in [4.78, 5) is 13.7. The van der Waals surface area contributed by atoms with Crippen molar-refractivity contribution in [3.63, 3.8) is 0 Å². The number of hydrogen-bond donors (Lipinski definition) is 0. The lowest BCUT2D eigenvalue weighted by Crippen LogP contribution is -2.30. The van der Waals surface area contributed by atoms with E-state index in [0.29, 0.717) is 17.5 Å². The smallest absolute Gasteiger partial charge is 0.154 e. The van der Waals surface area contributed by atoms with Crippen LogP contribution in [-0.4, -0.2) is 33.9 Å². The number of halogens is 1. The molecule has 1 atom stereocenters. The topological polar surface area (TPSA) is 59.3 Å². The van der Waals surface area contributed by atoms with E-state index in [1.807, 2.05) is 44.3 Å². The molecule has 3 heterocycles. The van der Waals surface area contributed by atoms with E-state index in [4.69, 9.17) is 9.72 Å². The largest absolute Gasteiger partial charge is 0.494 e. The fraction of sp³-hybridized carbons (Fsp3) is 0.269. The van der Waals surface area contributed by atoms with Crippen LogP contribution in [-0.2, 0) is 0 Å². The van der Waals surface area contributed by atoms with E-state index in [1.54, 1.807) is 18.1 Å². The first-order valence-corrected chi connectivity index (χ1v) is 11.4. The quantitative estimate of drug-likeness (QED) is 0.407. The molecule has 0 amide bonds. The van der Waals surface area contributed by atoms with Gasteiger partial charge in [-0.1, -0.05) is 12.1 Å². The number of pyridine rings is 1. The van der Waals surface area contributed by atoms with Crippen LogP contribution in [0.25, 0.3) is 5.69 Å². The van der Waals surface area contributed by atoms with Crippen LogP contribution >= 0.6 is 0 Å². The van der Waals surface area contributed by atoms with Crippen molar-refractivity contribution >= 4 is 17.2 Å². The van der Waals surface area contributed by atoms with Crippen molar-refractivity contribution in [2.24, 2.45) is 0 Å². The minimum Gasteiger partial charge on any atom is -0.494 e. The Morgan fingerprint density at radius 2 is 1.76 bits per heavy atom. The lowest BCUT2D eigenvalue weighted by molar-refractivity contribution is 0.411. The van der Waals surface area contributed by atoms with Crippen LogP contribution in [0.15, 0.2) is 60.9 Å². The zero-order valence-electron chi connectivity index (χ0n) is 19.3. The highest BCUT2D eigenvalue weighted by molar-refractivity contribution is 5.82. The van der Waals surface area contributed by atoms with Crippen LogP contribution in [0.3, 0.4) is 0 Å². The van der Waals surface area contributed by atoms with Gasteiger partial charge in [-0.15, -0.1) is 0 Å². The van der Waals surface area contributed by atoms with E-state index < -0.39 is 0 Å². The Kier molecular flexibility index (Phi) is 4.76. The van der Waals surface area contributed by atoms with Gasteiger partial charge < -0.3 is 14.5 Å². The summed E-state index contributed by atoms with van der Waals surface area (Å²) in [5.41, 5.74) is 4.87. The van der Waals surface area contributed by atoms with Gasteiger partial charge in [-0.2, -0.15) is 5.10 Å². The Morgan fingerprint density at radius 1 is 1.00 bits per heavy atom. The number of nitrogens with zero attached hydrogens (tertiary/aromatic N) is 6. The van der Waals surface area contributed by atoms with Crippen LogP contribution in [0, 0.1) is 12.7 Å². The van der Waals surface area contributed by atoms with Crippen LogP contribution in [0.1, 0.15) is 42.0 Å². The molecule has 2 aromatic heterocycles. The number of benzene rings is 2. The molecule has 0 spiro atoms. The molecule has 172 valence electrons. The van der Waals surface area contributed by atoms with Crippen molar-refractivity contribution in [2.75, 3.05) is 24.0 Å². The van der Waals surface area contributed by atoms with Gasteiger partial charge in [-0.3, -0.25) is 0 Å². The SMILES string of the molecule is COc1cc(N2c3ccc(C4CC4)nc3N(C)C2c2ccc(F)cc2)ccc1-n1cnc(C)n1. The molecule has 1 aliphatic carbocycles. The van der Waals surface area contributed by atoms with Crippen molar-refractivity contribution in [3.8, 4) is 11.4 Å². The Bertz CT molecular complexity index is 1360. The predicted molar refractivity (Wildman–Crippen MR) is 129 cm³/mol. The first-order chi connectivity index (χ1) is 16.5. The van der Waals surface area contributed by atoms with E-state index >= 15 is 0 Å². The van der Waals surface area contributed by atoms with Gasteiger partial charge in [0.25, 0.3) is 0 Å². The molecule has 0 saturated heterocycles. The summed E-state index contributed by atoms with van der Waals surface area (Å²) in [5.74, 6) is 2.60. The molecule has 7 nitrogen and oxygen atoms in total. The summed E-state index contributed by atoms with van der Waals surface area (Å²) in [6.07, 6.45) is 3.89. The van der Waals surface area contributed by atoms with E-state index in [-0.39, 0.29) is 12.0 Å². The molecule has 2 aliphatic rings. The minimum atomic E-state index is -0.253. The molecule has 1 unspecified atom stereocenters. The van der Waals surface area contributed by atoms with Crippen LogP contribution in [0.4, 0.5) is 21.6 Å². The van der Waals surface area contributed by atoms with Crippen molar-refractivity contribution in [2.45, 2.75) is 31.8 Å². The second-order valence-electron chi connectivity index (χ2n) is 8.85. The molecule has 0 N–H and O–H groups in total. The Hall–Kier alpha value is -3.94. The zero-order chi connectivity index (χ0) is 23.4. The van der Waals surface area contributed by atoms with Crippen LogP contribution in [0.5, 0.6) is 5.75 Å². The van der Waals surface area contributed by atoms with Gasteiger partial charge >= 0.3 is 0 Å². The lowest BCUT2D eigenvalue weighted by atomic mass is 10.1. The van der Waals surface area contributed by atoms with E-state index in [2.05, 4.69) is 32.0 Å². The number of aromatic nitrogens is 4. The first-order valence-electron chi connectivity index (χ1n) is 11.4. The fourth-order valence-electron chi connectivity index (χ4n) is 4.69. The third-order valence-electron chi connectivity index (χ3n) is 6.54. The van der Waals surface area contributed by atoms with Gasteiger partial charge in [0.1, 0.15) is 35.6 Å². The second-order valence-corrected chi connectivity index (χ2v) is 8.85. The highest BCUT2D eigenvalue weighted by Gasteiger charge is 2.38. The minimum absolute atomic E-state index is 0.179. The molecule has 34 heavy (non-hydrogen) atoms. The van der Waals surface area contributed by atoms with E-state index in [9.17, 15) is 4.39 Å². The summed E-state index contributed by atoms with van der Waals surface area (Å²) in [5, 5.41) is 4.43. The molecular weight excluding hydrogens is 431 g/mol. The van der Waals surface area contributed by atoms with Gasteiger partial charge in [-0.25, -0.2) is 19.0 Å². The summed E-state index contributed by atoms with van der Waals surface area (Å²) < 4.78 is 21.2. The second kappa shape index (κ2) is 7.83. The number of aryl methyl sites for hydroxylation is 1. The van der Waals surface area contributed by atoms with Gasteiger partial charge in [0, 0.05) is 30.4 Å². The van der Waals surface area contributed by atoms with E-state index in [0.717, 1.165) is 34.1 Å². The van der Waals surface area contributed by atoms with Gasteiger partial charge in [0.2, 0.25) is 0 Å². The van der Waals surface area contributed by atoms with Crippen molar-refractivity contribution in [1.82, 2.24) is 19.7 Å². The van der Waals surface area contributed by atoms with E-state index in [1.165, 1.54) is 25.0 Å². The monoisotopic (exact) mass is 456 g/mol. The predicted octanol–water partition coefficient (Wildman–Crippen LogP) is 5.28. The van der Waals surface area contributed by atoms with Crippen molar-refractivity contribution < 1.29 is 9.13 Å². The number of rotatable bonds is 5. The maximum absolute atomic E-state index is 13.7. The summed E-state index contributed by atoms with van der Waals surface area (Å²) >= 11 is 0. The number of fused-ring (bicyclic) bond motifs is 1. The Labute approximate surface area is 197 Å². The van der Waals surface area contributed by atoms with Crippen LogP contribution < -0.4 is 14.5 Å². The van der Waals surface area contributed by atoms with Gasteiger partial charge in [0.15, 0.2) is 5.82 Å². The van der Waals surface area contributed by atoms with Gasteiger partial charge in [0.05, 0.1) is 12.8 Å². The third kappa shape index (κ3) is 3.37. The fourth-order valence-corrected chi connectivity index (χ4v) is 4.69. The summed E-state index contributed by atoms with van der Waals surface area (Å²) in [6.45, 7) is 1.85. The molecule has 0 bridgehead atoms. The van der Waals surface area contributed by atoms with Crippen LogP contribution in [0.2, 0.25) is 0 Å². The molecule has 8 heteroatoms. The van der Waals surface area contributed by atoms with Crippen molar-refractivity contribution in [3.05, 3.63) is 83.8 Å². The Morgan fingerprint density at radius 3 is 2.44 bits per heavy atom. The molecular formula is C26H25FN6O. The molecule has 2 aromatic carbocycles. The Balaban J connectivity index is 1.49. The maximum atomic E-state index is 13.7. The number of ether oxygens (including phenoxy) is 1. The van der Waals surface area contributed by atoms with Gasteiger partial charge in [-0.05, 0) is 61.7 Å². The highest BCUT2D eigenvalue weighted by atomic mass is 19.1. The normalized spacial score (nSPS) is 17.2. The molecule has 4 aromatic rings. The molecule has 1 saturated carbocycles. The average molecular weight is 457 g/mol. The standard InChI is InChI=1S/C26H25FN6O/c1-16-28-15-32(30-16)22-12-10-20(14-24(22)34-3)33-23-13-11-21(17-4-5-17)29-25(23)31(2)26(33)18-6-8-19(27)9-7-18/h6-15,17,26H,4-5H2,1-3H3. The summed E-state index contributed by atoms with van der Waals surface area (Å²) in [7, 11) is 3.69. The summed E-state index contributed by atoms with van der Waals surface area (Å²) in [6, 6.07) is 17.0. The molecule has 1 fully saturated rings. The number of anilines is 3. The molecule has 6 rings (SSSR count). The molecule has 1 aliphatic heterocycles. The maximum Gasteiger partial charge on any atom is 0.154 e. The lowest BCUT2D eigenvalue weighted by Gasteiger charge is -2.31. The zero-order valence-corrected chi connectivity index (χ0v) is 19.3. The van der Waals surface area contributed by atoms with Crippen molar-refractivity contribution in [1.29, 1.82) is 0 Å². The molecule has 0 radical (unpaired) electrons.